The second kappa shape index (κ2) is 7.32. The third-order valence-electron chi connectivity index (χ3n) is 3.37. The van der Waals surface area contributed by atoms with E-state index < -0.39 is 0 Å². The van der Waals surface area contributed by atoms with Gasteiger partial charge in [-0.1, -0.05) is 50.9 Å². The van der Waals surface area contributed by atoms with Gasteiger partial charge in [0.1, 0.15) is 0 Å². The summed E-state index contributed by atoms with van der Waals surface area (Å²) in [4.78, 5) is 1.37. The van der Waals surface area contributed by atoms with Crippen molar-refractivity contribution in [3.63, 3.8) is 0 Å². The molecule has 0 saturated carbocycles. The van der Waals surface area contributed by atoms with Crippen LogP contribution in [0.1, 0.15) is 38.1 Å². The van der Waals surface area contributed by atoms with E-state index in [0.29, 0.717) is 11.8 Å². The zero-order valence-corrected chi connectivity index (χ0v) is 15.4. The van der Waals surface area contributed by atoms with Gasteiger partial charge in [-0.2, -0.15) is 0 Å². The zero-order valence-electron chi connectivity index (χ0n) is 13.1. The van der Waals surface area contributed by atoms with Crippen LogP contribution in [0.25, 0.3) is 10.1 Å². The molecule has 4 heteroatoms. The molecule has 0 aliphatic heterocycles. The number of halogens is 2. The Balaban J connectivity index is 2.42. The van der Waals surface area contributed by atoms with Gasteiger partial charge in [0.05, 0.1) is 9.72 Å². The van der Waals surface area contributed by atoms with E-state index in [-0.39, 0.29) is 0 Å². The van der Waals surface area contributed by atoms with Crippen LogP contribution in [0.3, 0.4) is 0 Å². The number of fused-ring (bicyclic) bond motifs is 1. The Labute approximate surface area is 141 Å². The van der Waals surface area contributed by atoms with Crippen molar-refractivity contribution in [1.29, 1.82) is 0 Å². The second-order valence-corrected chi connectivity index (χ2v) is 8.28. The fourth-order valence-corrected chi connectivity index (χ4v) is 4.31. The molecule has 1 N–H and O–H groups in total. The average Bonchev–Trinajstić information content (AvgIpc) is 2.73. The minimum absolute atomic E-state index is 0.599. The Morgan fingerprint density at radius 2 is 1.71 bits per heavy atom. The van der Waals surface area contributed by atoms with Crippen molar-refractivity contribution in [3.8, 4) is 0 Å². The number of nitrogens with one attached hydrogen (secondary N) is 1. The van der Waals surface area contributed by atoms with Gasteiger partial charge in [-0.25, -0.2) is 0 Å². The van der Waals surface area contributed by atoms with Crippen LogP contribution >= 0.6 is 34.5 Å². The SMILES string of the molecule is CC(C)CNCc1sc2c(Cl)ccc(Cl)c2c1CC(C)C. The lowest BCUT2D eigenvalue weighted by atomic mass is 9.99. The predicted molar refractivity (Wildman–Crippen MR) is 96.9 cm³/mol. The van der Waals surface area contributed by atoms with Gasteiger partial charge >= 0.3 is 0 Å². The highest BCUT2D eigenvalue weighted by Gasteiger charge is 2.17. The summed E-state index contributed by atoms with van der Waals surface area (Å²) in [5, 5.41) is 6.32. The third kappa shape index (κ3) is 4.13. The highest BCUT2D eigenvalue weighted by atomic mass is 35.5. The molecule has 0 aliphatic rings. The van der Waals surface area contributed by atoms with Crippen LogP contribution in [0.2, 0.25) is 10.0 Å². The van der Waals surface area contributed by atoms with E-state index in [9.17, 15) is 0 Å². The molecule has 0 radical (unpaired) electrons. The molecule has 21 heavy (non-hydrogen) atoms. The molecule has 0 saturated heterocycles. The van der Waals surface area contributed by atoms with Crippen molar-refractivity contribution in [2.24, 2.45) is 11.8 Å². The lowest BCUT2D eigenvalue weighted by molar-refractivity contribution is 0.552. The van der Waals surface area contributed by atoms with Crippen molar-refractivity contribution in [3.05, 3.63) is 32.6 Å². The lowest BCUT2D eigenvalue weighted by Gasteiger charge is -2.10. The minimum atomic E-state index is 0.599. The molecule has 1 nitrogen and oxygen atoms in total. The van der Waals surface area contributed by atoms with Gasteiger partial charge in [0.15, 0.2) is 0 Å². The van der Waals surface area contributed by atoms with E-state index in [0.717, 1.165) is 39.6 Å². The Morgan fingerprint density at radius 3 is 2.33 bits per heavy atom. The first-order valence-corrected chi connectivity index (χ1v) is 9.06. The molecule has 1 heterocycles. The summed E-state index contributed by atoms with van der Waals surface area (Å²) in [5.41, 5.74) is 1.37. The van der Waals surface area contributed by atoms with Gasteiger partial charge < -0.3 is 5.32 Å². The first kappa shape index (κ1) is 17.1. The van der Waals surface area contributed by atoms with Crippen molar-refractivity contribution in [2.45, 2.75) is 40.7 Å². The van der Waals surface area contributed by atoms with Crippen molar-refractivity contribution < 1.29 is 0 Å². The highest BCUT2D eigenvalue weighted by Crippen LogP contribution is 2.41. The molecule has 1 aromatic carbocycles. The first-order chi connectivity index (χ1) is 9.90. The molecule has 1 aromatic heterocycles. The van der Waals surface area contributed by atoms with Gasteiger partial charge in [0.2, 0.25) is 0 Å². The van der Waals surface area contributed by atoms with Crippen LogP contribution in [0.4, 0.5) is 0 Å². The van der Waals surface area contributed by atoms with Gasteiger partial charge in [0.25, 0.3) is 0 Å². The molecular formula is C17H23Cl2NS. The highest BCUT2D eigenvalue weighted by molar-refractivity contribution is 7.20. The summed E-state index contributed by atoms with van der Waals surface area (Å²) >= 11 is 14.6. The maximum Gasteiger partial charge on any atom is 0.0585 e. The summed E-state index contributed by atoms with van der Waals surface area (Å²) in [7, 11) is 0. The smallest absolute Gasteiger partial charge is 0.0585 e. The maximum absolute atomic E-state index is 6.44. The van der Waals surface area contributed by atoms with Crippen LogP contribution in [0, 0.1) is 11.8 Å². The summed E-state index contributed by atoms with van der Waals surface area (Å²) in [6.07, 6.45) is 1.04. The van der Waals surface area contributed by atoms with Crippen LogP contribution in [-0.2, 0) is 13.0 Å². The van der Waals surface area contributed by atoms with Crippen molar-refractivity contribution >= 4 is 44.6 Å². The lowest BCUT2D eigenvalue weighted by Crippen LogP contribution is -2.19. The van der Waals surface area contributed by atoms with Crippen LogP contribution in [0.5, 0.6) is 0 Å². The molecule has 2 aromatic rings. The molecule has 0 aliphatic carbocycles. The van der Waals surface area contributed by atoms with Crippen LogP contribution < -0.4 is 5.32 Å². The van der Waals surface area contributed by atoms with E-state index >= 15 is 0 Å². The van der Waals surface area contributed by atoms with Crippen LogP contribution in [-0.4, -0.2) is 6.54 Å². The van der Waals surface area contributed by atoms with Gasteiger partial charge in [-0.3, -0.25) is 0 Å². The van der Waals surface area contributed by atoms with E-state index in [2.05, 4.69) is 33.0 Å². The Kier molecular flexibility index (Phi) is 5.96. The summed E-state index contributed by atoms with van der Waals surface area (Å²) in [6.45, 7) is 10.9. The molecule has 0 spiro atoms. The largest absolute Gasteiger partial charge is 0.312 e. The minimum Gasteiger partial charge on any atom is -0.312 e. The number of hydrogen-bond donors (Lipinski definition) is 1. The fourth-order valence-electron chi connectivity index (χ4n) is 2.48. The molecule has 2 rings (SSSR count). The monoisotopic (exact) mass is 343 g/mol. The number of rotatable bonds is 6. The summed E-state index contributed by atoms with van der Waals surface area (Å²) in [5.74, 6) is 1.25. The van der Waals surface area contributed by atoms with E-state index in [1.807, 2.05) is 12.1 Å². The molecular weight excluding hydrogens is 321 g/mol. The summed E-state index contributed by atoms with van der Waals surface area (Å²) < 4.78 is 1.13. The Morgan fingerprint density at radius 1 is 1.05 bits per heavy atom. The first-order valence-electron chi connectivity index (χ1n) is 7.49. The molecule has 0 amide bonds. The molecule has 116 valence electrons. The molecule has 0 bridgehead atoms. The van der Waals surface area contributed by atoms with E-state index in [4.69, 9.17) is 23.2 Å². The predicted octanol–water partition coefficient (Wildman–Crippen LogP) is 6.15. The molecule has 0 unspecified atom stereocenters. The number of thiophene rings is 1. The maximum atomic E-state index is 6.44. The summed E-state index contributed by atoms with van der Waals surface area (Å²) in [6, 6.07) is 3.81. The topological polar surface area (TPSA) is 12.0 Å². The van der Waals surface area contributed by atoms with Crippen LogP contribution in [0.15, 0.2) is 12.1 Å². The zero-order chi connectivity index (χ0) is 15.6. The molecule has 0 fully saturated rings. The van der Waals surface area contributed by atoms with Crippen molar-refractivity contribution in [1.82, 2.24) is 5.32 Å². The normalized spacial score (nSPS) is 12.0. The third-order valence-corrected chi connectivity index (χ3v) is 5.38. The average molecular weight is 344 g/mol. The standard InChI is InChI=1S/C17H23Cl2NS/c1-10(2)7-12-15(9-20-8-11(3)4)21-17-14(19)6-5-13(18)16(12)17/h5-6,10-11,20H,7-9H2,1-4H3. The Bertz CT molecular complexity index is 617. The van der Waals surface area contributed by atoms with Gasteiger partial charge in [0, 0.05) is 21.8 Å². The molecule has 0 atom stereocenters. The van der Waals surface area contributed by atoms with Gasteiger partial charge in [-0.05, 0) is 42.5 Å². The number of benzene rings is 1. The fraction of sp³-hybridized carbons (Fsp3) is 0.529. The van der Waals surface area contributed by atoms with E-state index in [1.165, 1.54) is 10.4 Å². The van der Waals surface area contributed by atoms with Crippen molar-refractivity contribution in [2.75, 3.05) is 6.54 Å². The Hall–Kier alpha value is -0.280. The van der Waals surface area contributed by atoms with Gasteiger partial charge in [-0.15, -0.1) is 11.3 Å². The quantitative estimate of drug-likeness (QED) is 0.662. The second-order valence-electron chi connectivity index (χ2n) is 6.36. The van der Waals surface area contributed by atoms with E-state index in [1.54, 1.807) is 11.3 Å². The number of hydrogen-bond acceptors (Lipinski definition) is 2.